The van der Waals surface area contributed by atoms with Crippen LogP contribution in [0.4, 0.5) is 0 Å². The van der Waals surface area contributed by atoms with Crippen molar-refractivity contribution in [1.29, 1.82) is 0 Å². The van der Waals surface area contributed by atoms with E-state index >= 15 is 0 Å². The molecule has 0 aromatic heterocycles. The molecule has 0 amide bonds. The summed E-state index contributed by atoms with van der Waals surface area (Å²) in [5.74, 6) is 0. The third-order valence-electron chi connectivity index (χ3n) is 2.38. The molecule has 0 unspecified atom stereocenters. The SMILES string of the molecule is C=Cc1ccccc1CP(=O)(OC(C)C)OC(C)C. The second-order valence-corrected chi connectivity index (χ2v) is 6.94. The van der Waals surface area contributed by atoms with E-state index in [2.05, 4.69) is 6.58 Å². The highest BCUT2D eigenvalue weighted by molar-refractivity contribution is 7.53. The van der Waals surface area contributed by atoms with Crippen molar-refractivity contribution in [1.82, 2.24) is 0 Å². The van der Waals surface area contributed by atoms with Crippen LogP contribution in [0.15, 0.2) is 30.8 Å². The third-order valence-corrected chi connectivity index (χ3v) is 4.60. The maximum Gasteiger partial charge on any atom is 0.335 e. The topological polar surface area (TPSA) is 35.5 Å². The van der Waals surface area contributed by atoms with E-state index in [1.165, 1.54) is 0 Å². The lowest BCUT2D eigenvalue weighted by atomic mass is 10.1. The van der Waals surface area contributed by atoms with Crippen LogP contribution in [0.1, 0.15) is 38.8 Å². The van der Waals surface area contributed by atoms with Gasteiger partial charge in [0.2, 0.25) is 0 Å². The smallest absolute Gasteiger partial charge is 0.306 e. The zero-order valence-electron chi connectivity index (χ0n) is 12.1. The summed E-state index contributed by atoms with van der Waals surface area (Å²) >= 11 is 0. The van der Waals surface area contributed by atoms with Crippen LogP contribution >= 0.6 is 7.60 Å². The number of benzene rings is 1. The predicted molar refractivity (Wildman–Crippen MR) is 80.3 cm³/mol. The Morgan fingerprint density at radius 3 is 2.16 bits per heavy atom. The molecule has 1 aromatic rings. The van der Waals surface area contributed by atoms with Crippen LogP contribution in [-0.4, -0.2) is 12.2 Å². The third kappa shape index (κ3) is 5.32. The summed E-state index contributed by atoms with van der Waals surface area (Å²) < 4.78 is 23.9. The second-order valence-electron chi connectivity index (χ2n) is 4.98. The maximum absolute atomic E-state index is 12.8. The van der Waals surface area contributed by atoms with E-state index < -0.39 is 7.60 Å². The molecule has 4 heteroatoms. The van der Waals surface area contributed by atoms with Crippen molar-refractivity contribution in [2.45, 2.75) is 46.1 Å². The summed E-state index contributed by atoms with van der Waals surface area (Å²) in [6, 6.07) is 7.71. The molecule has 0 fully saturated rings. The first kappa shape index (κ1) is 16.2. The van der Waals surface area contributed by atoms with E-state index in [4.69, 9.17) is 9.05 Å². The fraction of sp³-hybridized carbons (Fsp3) is 0.467. The van der Waals surface area contributed by atoms with Gasteiger partial charge in [0.1, 0.15) is 0 Å². The van der Waals surface area contributed by atoms with Crippen LogP contribution in [-0.2, 0) is 19.8 Å². The Kier molecular flexibility index (Phi) is 5.99. The standard InChI is InChI=1S/C15H23O3P/c1-6-14-9-7-8-10-15(14)11-19(16,17-12(2)3)18-13(4)5/h6-10,12-13H,1,11H2,2-5H3. The molecule has 19 heavy (non-hydrogen) atoms. The summed E-state index contributed by atoms with van der Waals surface area (Å²) in [6.45, 7) is 11.2. The highest BCUT2D eigenvalue weighted by Gasteiger charge is 2.28. The normalized spacial score (nSPS) is 12.1. The van der Waals surface area contributed by atoms with E-state index in [9.17, 15) is 4.57 Å². The minimum atomic E-state index is -3.14. The highest BCUT2D eigenvalue weighted by atomic mass is 31.2. The molecule has 3 nitrogen and oxygen atoms in total. The predicted octanol–water partition coefficient (Wildman–Crippen LogP) is 4.87. The van der Waals surface area contributed by atoms with E-state index in [-0.39, 0.29) is 18.4 Å². The molecule has 0 spiro atoms. The Morgan fingerprint density at radius 2 is 1.68 bits per heavy atom. The molecule has 106 valence electrons. The van der Waals surface area contributed by atoms with E-state index in [0.717, 1.165) is 11.1 Å². The van der Waals surface area contributed by atoms with Crippen LogP contribution < -0.4 is 0 Å². The molecule has 0 heterocycles. The molecule has 0 N–H and O–H groups in total. The van der Waals surface area contributed by atoms with Crippen molar-refractivity contribution < 1.29 is 13.6 Å². The minimum Gasteiger partial charge on any atom is -0.306 e. The molecule has 0 aliphatic rings. The lowest BCUT2D eigenvalue weighted by Crippen LogP contribution is -2.09. The van der Waals surface area contributed by atoms with Gasteiger partial charge >= 0.3 is 7.60 Å². The second kappa shape index (κ2) is 7.04. The summed E-state index contributed by atoms with van der Waals surface area (Å²) in [4.78, 5) is 0. The van der Waals surface area contributed by atoms with E-state index in [1.807, 2.05) is 52.0 Å². The Bertz CT molecular complexity index is 452. The van der Waals surface area contributed by atoms with Crippen molar-refractivity contribution >= 4 is 13.7 Å². The lowest BCUT2D eigenvalue weighted by molar-refractivity contribution is 0.141. The summed E-state index contributed by atoms with van der Waals surface area (Å²) in [5.41, 5.74) is 1.89. The Balaban J connectivity index is 3.00. The highest BCUT2D eigenvalue weighted by Crippen LogP contribution is 2.53. The molecular weight excluding hydrogens is 259 g/mol. The van der Waals surface area contributed by atoms with Gasteiger partial charge in [0.05, 0.1) is 18.4 Å². The fourth-order valence-corrected chi connectivity index (χ4v) is 4.02. The molecule has 0 saturated heterocycles. The molecule has 0 aliphatic heterocycles. The van der Waals surface area contributed by atoms with Crippen LogP contribution in [0.25, 0.3) is 6.08 Å². The van der Waals surface area contributed by atoms with Gasteiger partial charge in [-0.2, -0.15) is 0 Å². The first-order valence-corrected chi connectivity index (χ1v) is 8.25. The Labute approximate surface area is 116 Å². The molecule has 1 aromatic carbocycles. The Morgan fingerprint density at radius 1 is 1.16 bits per heavy atom. The summed E-state index contributed by atoms with van der Waals surface area (Å²) in [7, 11) is -3.14. The molecule has 1 rings (SSSR count). The van der Waals surface area contributed by atoms with Gasteiger partial charge < -0.3 is 9.05 Å². The quantitative estimate of drug-likeness (QED) is 0.669. The van der Waals surface area contributed by atoms with Crippen molar-refractivity contribution in [2.75, 3.05) is 0 Å². The number of hydrogen-bond acceptors (Lipinski definition) is 3. The molecule has 0 aliphatic carbocycles. The molecule has 0 saturated carbocycles. The zero-order valence-corrected chi connectivity index (χ0v) is 13.0. The van der Waals surface area contributed by atoms with Crippen LogP contribution in [0, 0.1) is 0 Å². The monoisotopic (exact) mass is 282 g/mol. The first-order valence-electron chi connectivity index (χ1n) is 6.52. The average Bonchev–Trinajstić information content (AvgIpc) is 2.26. The van der Waals surface area contributed by atoms with Crippen LogP contribution in [0.5, 0.6) is 0 Å². The Hall–Kier alpha value is -0.890. The van der Waals surface area contributed by atoms with Gasteiger partial charge in [-0.1, -0.05) is 36.9 Å². The number of hydrogen-bond donors (Lipinski definition) is 0. The van der Waals surface area contributed by atoms with Crippen molar-refractivity contribution in [3.8, 4) is 0 Å². The molecule has 0 radical (unpaired) electrons. The molecule has 0 bridgehead atoms. The molecule has 0 atom stereocenters. The van der Waals surface area contributed by atoms with E-state index in [1.54, 1.807) is 6.08 Å². The van der Waals surface area contributed by atoms with Gasteiger partial charge in [0, 0.05) is 0 Å². The fourth-order valence-electron chi connectivity index (χ4n) is 1.83. The largest absolute Gasteiger partial charge is 0.335 e. The molecular formula is C15H23O3P. The minimum absolute atomic E-state index is 0.138. The maximum atomic E-state index is 12.8. The van der Waals surface area contributed by atoms with Crippen LogP contribution in [0.2, 0.25) is 0 Å². The summed E-state index contributed by atoms with van der Waals surface area (Å²) in [6.07, 6.45) is 1.75. The van der Waals surface area contributed by atoms with Crippen molar-refractivity contribution in [2.24, 2.45) is 0 Å². The first-order chi connectivity index (χ1) is 8.86. The van der Waals surface area contributed by atoms with Crippen molar-refractivity contribution in [3.63, 3.8) is 0 Å². The zero-order chi connectivity index (χ0) is 14.5. The number of rotatable bonds is 7. The van der Waals surface area contributed by atoms with Crippen LogP contribution in [0.3, 0.4) is 0 Å². The average molecular weight is 282 g/mol. The van der Waals surface area contributed by atoms with Gasteiger partial charge in [0.25, 0.3) is 0 Å². The van der Waals surface area contributed by atoms with Gasteiger partial charge in [-0.3, -0.25) is 4.57 Å². The van der Waals surface area contributed by atoms with Gasteiger partial charge in [-0.25, -0.2) is 0 Å². The summed E-state index contributed by atoms with van der Waals surface area (Å²) in [5, 5.41) is 0. The van der Waals surface area contributed by atoms with Gasteiger partial charge in [-0.05, 0) is 38.8 Å². The van der Waals surface area contributed by atoms with Gasteiger partial charge in [-0.15, -0.1) is 0 Å². The lowest BCUT2D eigenvalue weighted by Gasteiger charge is -2.23. The van der Waals surface area contributed by atoms with Crippen molar-refractivity contribution in [3.05, 3.63) is 42.0 Å². The van der Waals surface area contributed by atoms with E-state index in [0.29, 0.717) is 0 Å². The van der Waals surface area contributed by atoms with Gasteiger partial charge in [0.15, 0.2) is 0 Å².